The number of hydrogen-bond donors (Lipinski definition) is 1. The quantitative estimate of drug-likeness (QED) is 0.863. The van der Waals surface area contributed by atoms with E-state index in [0.29, 0.717) is 17.9 Å². The molecule has 21 heavy (non-hydrogen) atoms. The van der Waals surface area contributed by atoms with Gasteiger partial charge < -0.3 is 10.2 Å². The molecule has 1 heterocycles. The van der Waals surface area contributed by atoms with E-state index in [1.807, 2.05) is 0 Å². The Hall–Kier alpha value is -0.570. The summed E-state index contributed by atoms with van der Waals surface area (Å²) in [7, 11) is 0. The fourth-order valence-corrected chi connectivity index (χ4v) is 4.56. The summed E-state index contributed by atoms with van der Waals surface area (Å²) >= 11 is 0. The van der Waals surface area contributed by atoms with Gasteiger partial charge in [0.1, 0.15) is 0 Å². The second kappa shape index (κ2) is 5.91. The zero-order valence-corrected chi connectivity index (χ0v) is 13.2. The predicted molar refractivity (Wildman–Crippen MR) is 83.9 cm³/mol. The van der Waals surface area contributed by atoms with E-state index < -0.39 is 0 Å². The van der Waals surface area contributed by atoms with Crippen molar-refractivity contribution in [1.82, 2.24) is 10.2 Å². The molecule has 4 aliphatic rings. The fourth-order valence-electron chi connectivity index (χ4n) is 4.56. The maximum Gasteiger partial charge on any atom is 0.225 e. The highest BCUT2D eigenvalue weighted by molar-refractivity contribution is 5.81. The Balaban J connectivity index is 1.22. The molecule has 1 amide bonds. The summed E-state index contributed by atoms with van der Waals surface area (Å²) in [6, 6.07) is 1.43. The zero-order chi connectivity index (χ0) is 14.2. The van der Waals surface area contributed by atoms with Crippen molar-refractivity contribution >= 4 is 5.91 Å². The Morgan fingerprint density at radius 1 is 0.810 bits per heavy atom. The topological polar surface area (TPSA) is 32.3 Å². The predicted octanol–water partition coefficient (Wildman–Crippen LogP) is 2.95. The Labute approximate surface area is 128 Å². The number of likely N-dealkylation sites (tertiary alicyclic amines) is 1. The van der Waals surface area contributed by atoms with Gasteiger partial charge in [0.15, 0.2) is 0 Å². The van der Waals surface area contributed by atoms with Gasteiger partial charge in [-0.25, -0.2) is 0 Å². The lowest BCUT2D eigenvalue weighted by Crippen LogP contribution is -2.49. The van der Waals surface area contributed by atoms with Crippen LogP contribution in [0.4, 0.5) is 0 Å². The van der Waals surface area contributed by atoms with Crippen LogP contribution in [0, 0.1) is 17.8 Å². The maximum absolute atomic E-state index is 12.1. The van der Waals surface area contributed by atoms with Crippen molar-refractivity contribution in [2.24, 2.45) is 17.8 Å². The van der Waals surface area contributed by atoms with E-state index in [1.54, 1.807) is 0 Å². The molecule has 0 bridgehead atoms. The van der Waals surface area contributed by atoms with Crippen LogP contribution in [-0.2, 0) is 4.79 Å². The van der Waals surface area contributed by atoms with Gasteiger partial charge >= 0.3 is 0 Å². The number of hydrogen-bond acceptors (Lipinski definition) is 2. The SMILES string of the molecule is O=C(C1CC1)N1CCC(NC2CCCC(C3CC3)C2)CC1. The van der Waals surface area contributed by atoms with E-state index >= 15 is 0 Å². The molecule has 0 spiro atoms. The van der Waals surface area contributed by atoms with Crippen molar-refractivity contribution in [3.05, 3.63) is 0 Å². The van der Waals surface area contributed by atoms with Gasteiger partial charge in [-0.3, -0.25) is 4.79 Å². The molecule has 2 unspecified atom stereocenters. The molecule has 0 radical (unpaired) electrons. The summed E-state index contributed by atoms with van der Waals surface area (Å²) in [6.07, 6.45) is 13.3. The minimum Gasteiger partial charge on any atom is -0.342 e. The average molecular weight is 290 g/mol. The number of rotatable bonds is 4. The lowest BCUT2D eigenvalue weighted by molar-refractivity contribution is -0.133. The number of carbonyl (C=O) groups excluding carboxylic acids is 1. The fraction of sp³-hybridized carbons (Fsp3) is 0.944. The van der Waals surface area contributed by atoms with Crippen LogP contribution in [0.15, 0.2) is 0 Å². The van der Waals surface area contributed by atoms with Crippen molar-refractivity contribution in [3.8, 4) is 0 Å². The zero-order valence-electron chi connectivity index (χ0n) is 13.2. The highest BCUT2D eigenvalue weighted by Gasteiger charge is 2.37. The number of carbonyl (C=O) groups is 1. The second-order valence-corrected chi connectivity index (χ2v) is 8.00. The standard InChI is InChI=1S/C18H30N2O/c21-18(14-6-7-14)20-10-8-16(9-11-20)19-17-3-1-2-15(12-17)13-4-5-13/h13-17,19H,1-12H2. The molecule has 118 valence electrons. The maximum atomic E-state index is 12.1. The molecular formula is C18H30N2O. The van der Waals surface area contributed by atoms with Gasteiger partial charge in [0, 0.05) is 31.1 Å². The van der Waals surface area contributed by atoms with Crippen molar-refractivity contribution in [3.63, 3.8) is 0 Å². The first-order chi connectivity index (χ1) is 10.3. The molecular weight excluding hydrogens is 260 g/mol. The highest BCUT2D eigenvalue weighted by Crippen LogP contribution is 2.44. The van der Waals surface area contributed by atoms with Gasteiger partial charge in [-0.1, -0.05) is 12.8 Å². The van der Waals surface area contributed by atoms with Gasteiger partial charge in [-0.2, -0.15) is 0 Å². The van der Waals surface area contributed by atoms with Crippen molar-refractivity contribution in [2.75, 3.05) is 13.1 Å². The third-order valence-corrected chi connectivity index (χ3v) is 6.21. The van der Waals surface area contributed by atoms with E-state index in [2.05, 4.69) is 10.2 Å². The van der Waals surface area contributed by atoms with Crippen molar-refractivity contribution in [1.29, 1.82) is 0 Å². The number of piperidine rings is 1. The first-order valence-electron chi connectivity index (χ1n) is 9.34. The Kier molecular flexibility index (Phi) is 3.95. The van der Waals surface area contributed by atoms with Crippen LogP contribution < -0.4 is 5.32 Å². The van der Waals surface area contributed by atoms with Crippen LogP contribution in [0.25, 0.3) is 0 Å². The average Bonchev–Trinajstić information content (AvgIpc) is 3.41. The Morgan fingerprint density at radius 2 is 1.57 bits per heavy atom. The molecule has 0 aromatic rings. The molecule has 3 heteroatoms. The largest absolute Gasteiger partial charge is 0.342 e. The van der Waals surface area contributed by atoms with E-state index in [-0.39, 0.29) is 0 Å². The molecule has 4 rings (SSSR count). The molecule has 0 aromatic heterocycles. The summed E-state index contributed by atoms with van der Waals surface area (Å²) in [5.41, 5.74) is 0. The molecule has 2 atom stereocenters. The third kappa shape index (κ3) is 3.44. The van der Waals surface area contributed by atoms with E-state index in [1.165, 1.54) is 51.4 Å². The molecule has 3 nitrogen and oxygen atoms in total. The number of amides is 1. The van der Waals surface area contributed by atoms with Gasteiger partial charge in [0.2, 0.25) is 5.91 Å². The van der Waals surface area contributed by atoms with E-state index in [9.17, 15) is 4.79 Å². The monoisotopic (exact) mass is 290 g/mol. The molecule has 1 aliphatic heterocycles. The van der Waals surface area contributed by atoms with E-state index in [4.69, 9.17) is 0 Å². The number of nitrogens with one attached hydrogen (secondary N) is 1. The lowest BCUT2D eigenvalue weighted by atomic mass is 9.82. The highest BCUT2D eigenvalue weighted by atomic mass is 16.2. The first-order valence-corrected chi connectivity index (χ1v) is 9.34. The normalized spacial score (nSPS) is 35.0. The smallest absolute Gasteiger partial charge is 0.225 e. The molecule has 1 saturated heterocycles. The summed E-state index contributed by atoms with van der Waals surface area (Å²) in [4.78, 5) is 14.2. The Morgan fingerprint density at radius 3 is 2.24 bits per heavy atom. The molecule has 4 fully saturated rings. The van der Waals surface area contributed by atoms with Crippen LogP contribution in [-0.4, -0.2) is 36.0 Å². The molecule has 0 aromatic carbocycles. The van der Waals surface area contributed by atoms with E-state index in [0.717, 1.165) is 43.8 Å². The lowest BCUT2D eigenvalue weighted by Gasteiger charge is -2.37. The van der Waals surface area contributed by atoms with Crippen LogP contribution in [0.5, 0.6) is 0 Å². The number of nitrogens with zero attached hydrogens (tertiary/aromatic N) is 1. The third-order valence-electron chi connectivity index (χ3n) is 6.21. The van der Waals surface area contributed by atoms with Crippen LogP contribution in [0.1, 0.15) is 64.2 Å². The first kappa shape index (κ1) is 14.0. The molecule has 1 N–H and O–H groups in total. The Bertz CT molecular complexity index is 381. The van der Waals surface area contributed by atoms with Gasteiger partial charge in [-0.15, -0.1) is 0 Å². The summed E-state index contributed by atoms with van der Waals surface area (Å²) in [5, 5.41) is 3.94. The van der Waals surface area contributed by atoms with Crippen LogP contribution in [0.2, 0.25) is 0 Å². The second-order valence-electron chi connectivity index (χ2n) is 8.00. The van der Waals surface area contributed by atoms with Crippen molar-refractivity contribution < 1.29 is 4.79 Å². The summed E-state index contributed by atoms with van der Waals surface area (Å²) in [6.45, 7) is 1.98. The van der Waals surface area contributed by atoms with Gasteiger partial charge in [0.25, 0.3) is 0 Å². The minimum atomic E-state index is 0.396. The minimum absolute atomic E-state index is 0.396. The van der Waals surface area contributed by atoms with Crippen molar-refractivity contribution in [2.45, 2.75) is 76.3 Å². The summed E-state index contributed by atoms with van der Waals surface area (Å²) < 4.78 is 0. The van der Waals surface area contributed by atoms with Gasteiger partial charge in [-0.05, 0) is 63.2 Å². The summed E-state index contributed by atoms with van der Waals surface area (Å²) in [5.74, 6) is 2.94. The van der Waals surface area contributed by atoms with Crippen LogP contribution >= 0.6 is 0 Å². The van der Waals surface area contributed by atoms with Crippen LogP contribution in [0.3, 0.4) is 0 Å². The molecule has 3 saturated carbocycles. The van der Waals surface area contributed by atoms with Gasteiger partial charge in [0.05, 0.1) is 0 Å². The molecule has 3 aliphatic carbocycles.